The lowest BCUT2D eigenvalue weighted by atomic mass is 9.89. The highest BCUT2D eigenvalue weighted by molar-refractivity contribution is 7.92. The highest BCUT2D eigenvalue weighted by atomic mass is 32.2. The van der Waals surface area contributed by atoms with Gasteiger partial charge in [-0.05, 0) is 52.8 Å². The molecule has 7 nitrogen and oxygen atoms in total. The van der Waals surface area contributed by atoms with Crippen LogP contribution in [0.2, 0.25) is 0 Å². The molecule has 8 heteroatoms. The SMILES string of the molecule is CC(C)c1cc(C(=O)Cn2c(=N)n(Cc3ccccc3)c3ccccc32)cc(C(C)C)c1NS(C)(=O)=O. The zero-order valence-electron chi connectivity index (χ0n) is 21.9. The maximum absolute atomic E-state index is 13.7. The van der Waals surface area contributed by atoms with E-state index in [0.29, 0.717) is 17.8 Å². The third kappa shape index (κ3) is 5.69. The van der Waals surface area contributed by atoms with Crippen molar-refractivity contribution in [2.24, 2.45) is 0 Å². The second kappa shape index (κ2) is 10.4. The smallest absolute Gasteiger partial charge is 0.229 e. The predicted molar refractivity (Wildman–Crippen MR) is 149 cm³/mol. The van der Waals surface area contributed by atoms with Crippen molar-refractivity contribution in [3.63, 3.8) is 0 Å². The number of rotatable bonds is 9. The molecule has 0 spiro atoms. The minimum absolute atomic E-state index is 0.00155. The quantitative estimate of drug-likeness (QED) is 0.288. The summed E-state index contributed by atoms with van der Waals surface area (Å²) < 4.78 is 30.5. The number of hydrogen-bond donors (Lipinski definition) is 2. The Morgan fingerprint density at radius 3 is 1.89 bits per heavy atom. The van der Waals surface area contributed by atoms with Crippen LogP contribution in [0.1, 0.15) is 66.6 Å². The van der Waals surface area contributed by atoms with Gasteiger partial charge < -0.3 is 9.13 Å². The van der Waals surface area contributed by atoms with Crippen molar-refractivity contribution in [1.29, 1.82) is 5.41 Å². The molecule has 0 unspecified atom stereocenters. The Morgan fingerprint density at radius 2 is 1.38 bits per heavy atom. The van der Waals surface area contributed by atoms with Crippen LogP contribution in [-0.2, 0) is 23.1 Å². The fourth-order valence-corrected chi connectivity index (χ4v) is 5.28. The van der Waals surface area contributed by atoms with E-state index < -0.39 is 10.0 Å². The molecule has 194 valence electrons. The number of anilines is 1. The number of benzene rings is 3. The summed E-state index contributed by atoms with van der Waals surface area (Å²) >= 11 is 0. The van der Waals surface area contributed by atoms with E-state index >= 15 is 0 Å². The van der Waals surface area contributed by atoms with Crippen molar-refractivity contribution in [3.05, 3.63) is 94.6 Å². The molecule has 0 aliphatic rings. The molecule has 4 rings (SSSR count). The van der Waals surface area contributed by atoms with Crippen molar-refractivity contribution in [2.45, 2.75) is 52.6 Å². The molecule has 0 aliphatic carbocycles. The van der Waals surface area contributed by atoms with Crippen LogP contribution in [0.5, 0.6) is 0 Å². The number of nitrogens with one attached hydrogen (secondary N) is 2. The Labute approximate surface area is 218 Å². The van der Waals surface area contributed by atoms with Crippen LogP contribution in [0.15, 0.2) is 66.7 Å². The van der Waals surface area contributed by atoms with Gasteiger partial charge in [0.05, 0.1) is 36.1 Å². The van der Waals surface area contributed by atoms with E-state index in [4.69, 9.17) is 5.41 Å². The maximum atomic E-state index is 13.7. The van der Waals surface area contributed by atoms with Gasteiger partial charge in [-0.2, -0.15) is 0 Å². The number of Topliss-reactive ketones (excluding diaryl/α,β-unsaturated/α-hetero) is 1. The summed E-state index contributed by atoms with van der Waals surface area (Å²) in [4.78, 5) is 13.7. The first-order chi connectivity index (χ1) is 17.5. The summed E-state index contributed by atoms with van der Waals surface area (Å²) in [6.45, 7) is 8.46. The van der Waals surface area contributed by atoms with E-state index in [2.05, 4.69) is 4.72 Å². The Morgan fingerprint density at radius 1 is 0.865 bits per heavy atom. The molecular formula is C29H34N4O3S. The molecule has 0 saturated carbocycles. The topological polar surface area (TPSA) is 96.9 Å². The number of hydrogen-bond acceptors (Lipinski definition) is 4. The largest absolute Gasteiger partial charge is 0.306 e. The third-order valence-corrected chi connectivity index (χ3v) is 7.09. The third-order valence-electron chi connectivity index (χ3n) is 6.51. The summed E-state index contributed by atoms with van der Waals surface area (Å²) in [6, 6.07) is 21.3. The Balaban J connectivity index is 1.79. The van der Waals surface area contributed by atoms with E-state index in [1.54, 1.807) is 16.7 Å². The van der Waals surface area contributed by atoms with Gasteiger partial charge in [0.25, 0.3) is 0 Å². The molecule has 4 aromatic rings. The van der Waals surface area contributed by atoms with Gasteiger partial charge in [0, 0.05) is 5.56 Å². The van der Waals surface area contributed by atoms with Crippen LogP contribution < -0.4 is 10.3 Å². The van der Waals surface area contributed by atoms with E-state index in [1.165, 1.54) is 0 Å². The van der Waals surface area contributed by atoms with Gasteiger partial charge in [-0.3, -0.25) is 14.9 Å². The van der Waals surface area contributed by atoms with Gasteiger partial charge in [-0.15, -0.1) is 0 Å². The maximum Gasteiger partial charge on any atom is 0.229 e. The molecule has 2 N–H and O–H groups in total. The number of carbonyl (C=O) groups is 1. The van der Waals surface area contributed by atoms with Gasteiger partial charge in [-0.25, -0.2) is 8.42 Å². The first kappa shape index (κ1) is 26.4. The highest BCUT2D eigenvalue weighted by Gasteiger charge is 2.22. The highest BCUT2D eigenvalue weighted by Crippen LogP contribution is 2.35. The zero-order valence-corrected chi connectivity index (χ0v) is 22.8. The Hall–Kier alpha value is -3.65. The monoisotopic (exact) mass is 518 g/mol. The summed E-state index contributed by atoms with van der Waals surface area (Å²) in [5.74, 6) is -0.126. The van der Waals surface area contributed by atoms with E-state index in [0.717, 1.165) is 34.0 Å². The molecule has 0 aliphatic heterocycles. The van der Waals surface area contributed by atoms with Crippen molar-refractivity contribution < 1.29 is 13.2 Å². The number of ketones is 1. The molecule has 3 aromatic carbocycles. The summed E-state index contributed by atoms with van der Waals surface area (Å²) in [5.41, 5.74) is 5.66. The Bertz CT molecular complexity index is 1590. The average Bonchev–Trinajstić information content (AvgIpc) is 3.09. The molecule has 0 fully saturated rings. The van der Waals surface area contributed by atoms with Gasteiger partial charge in [0.15, 0.2) is 5.78 Å². The summed E-state index contributed by atoms with van der Waals surface area (Å²) in [6.07, 6.45) is 1.14. The van der Waals surface area contributed by atoms with Crippen molar-refractivity contribution >= 4 is 32.5 Å². The number of fused-ring (bicyclic) bond motifs is 1. The molecule has 1 aromatic heterocycles. The second-order valence-electron chi connectivity index (χ2n) is 10.1. The van der Waals surface area contributed by atoms with Crippen LogP contribution in [-0.4, -0.2) is 29.6 Å². The van der Waals surface area contributed by atoms with Crippen molar-refractivity contribution in [3.8, 4) is 0 Å². The number of para-hydroxylation sites is 2. The van der Waals surface area contributed by atoms with Crippen LogP contribution in [0.4, 0.5) is 5.69 Å². The van der Waals surface area contributed by atoms with Crippen LogP contribution in [0.25, 0.3) is 11.0 Å². The van der Waals surface area contributed by atoms with Gasteiger partial charge in [0.1, 0.15) is 0 Å². The molecular weight excluding hydrogens is 484 g/mol. The lowest BCUT2D eigenvalue weighted by Crippen LogP contribution is -2.28. The molecule has 0 bridgehead atoms. The van der Waals surface area contributed by atoms with Crippen molar-refractivity contribution in [2.75, 3.05) is 11.0 Å². The van der Waals surface area contributed by atoms with Crippen LogP contribution in [0.3, 0.4) is 0 Å². The molecule has 0 saturated heterocycles. The fourth-order valence-electron chi connectivity index (χ4n) is 4.68. The first-order valence-corrected chi connectivity index (χ1v) is 14.3. The van der Waals surface area contributed by atoms with Gasteiger partial charge >= 0.3 is 0 Å². The van der Waals surface area contributed by atoms with Crippen LogP contribution >= 0.6 is 0 Å². The summed E-state index contributed by atoms with van der Waals surface area (Å²) in [5, 5.41) is 8.93. The normalized spacial score (nSPS) is 12.0. The van der Waals surface area contributed by atoms with E-state index in [-0.39, 0.29) is 29.8 Å². The number of sulfonamides is 1. The lowest BCUT2D eigenvalue weighted by molar-refractivity contribution is 0.0971. The molecule has 0 amide bonds. The lowest BCUT2D eigenvalue weighted by Gasteiger charge is -2.21. The van der Waals surface area contributed by atoms with E-state index in [1.807, 2.05) is 86.9 Å². The summed E-state index contributed by atoms with van der Waals surface area (Å²) in [7, 11) is -3.49. The molecule has 1 heterocycles. The second-order valence-corrected chi connectivity index (χ2v) is 11.9. The number of aromatic nitrogens is 2. The first-order valence-electron chi connectivity index (χ1n) is 12.4. The average molecular weight is 519 g/mol. The fraction of sp³-hybridized carbons (Fsp3) is 0.310. The van der Waals surface area contributed by atoms with Gasteiger partial charge in [0.2, 0.25) is 15.6 Å². The van der Waals surface area contributed by atoms with E-state index in [9.17, 15) is 13.2 Å². The van der Waals surface area contributed by atoms with Gasteiger partial charge in [-0.1, -0.05) is 70.2 Å². The predicted octanol–water partition coefficient (Wildman–Crippen LogP) is 5.47. The number of carbonyl (C=O) groups excluding carboxylic acids is 1. The van der Waals surface area contributed by atoms with Crippen LogP contribution in [0, 0.1) is 5.41 Å². The molecule has 0 atom stereocenters. The zero-order chi connectivity index (χ0) is 26.9. The minimum Gasteiger partial charge on any atom is -0.306 e. The van der Waals surface area contributed by atoms with Crippen molar-refractivity contribution in [1.82, 2.24) is 9.13 Å². The number of imidazole rings is 1. The molecule has 37 heavy (non-hydrogen) atoms. The number of nitrogens with zero attached hydrogens (tertiary/aromatic N) is 2. The standard InChI is InChI=1S/C29H34N4O3S/c1-19(2)23-15-22(16-24(20(3)4)28(23)31-37(5,35)36)27(34)18-33-26-14-10-9-13-25(26)32(29(33)30)17-21-11-7-6-8-12-21/h6-16,19-20,30-31H,17-18H2,1-5H3. The minimum atomic E-state index is -3.49. The Kier molecular flexibility index (Phi) is 7.41. The molecule has 0 radical (unpaired) electrons.